The second kappa shape index (κ2) is 6.59. The van der Waals surface area contributed by atoms with Gasteiger partial charge in [-0.3, -0.25) is 4.79 Å². The quantitative estimate of drug-likeness (QED) is 0.730. The van der Waals surface area contributed by atoms with Crippen LogP contribution >= 0.6 is 0 Å². The maximum absolute atomic E-state index is 12.8. The molecule has 3 aromatic rings. The molecule has 1 aliphatic rings. The lowest BCUT2D eigenvalue weighted by Gasteiger charge is -2.19. The maximum Gasteiger partial charge on any atom is 0.276 e. The monoisotopic (exact) mass is 345 g/mol. The second-order valence-electron chi connectivity index (χ2n) is 6.33. The molecule has 0 radical (unpaired) electrons. The predicted octanol–water partition coefficient (Wildman–Crippen LogP) is 3.43. The minimum atomic E-state index is -0.0983. The van der Waals surface area contributed by atoms with Gasteiger partial charge in [0.15, 0.2) is 5.82 Å². The third-order valence-electron chi connectivity index (χ3n) is 4.74. The summed E-state index contributed by atoms with van der Waals surface area (Å²) < 4.78 is 6.72. The Bertz CT molecular complexity index is 1050. The number of hydrogen-bond donors (Lipinski definition) is 0. The zero-order chi connectivity index (χ0) is 18.1. The van der Waals surface area contributed by atoms with Crippen molar-refractivity contribution in [3.8, 4) is 11.6 Å². The van der Waals surface area contributed by atoms with E-state index in [1.54, 1.807) is 25.6 Å². The van der Waals surface area contributed by atoms with E-state index >= 15 is 0 Å². The highest BCUT2D eigenvalue weighted by Gasteiger charge is 2.19. The highest BCUT2D eigenvalue weighted by molar-refractivity contribution is 5.85. The predicted molar refractivity (Wildman–Crippen MR) is 102 cm³/mol. The van der Waals surface area contributed by atoms with E-state index < -0.39 is 0 Å². The zero-order valence-electron chi connectivity index (χ0n) is 14.8. The van der Waals surface area contributed by atoms with Gasteiger partial charge in [0, 0.05) is 17.3 Å². The Morgan fingerprint density at radius 1 is 1.15 bits per heavy atom. The number of ether oxygens (including phenoxy) is 1. The van der Waals surface area contributed by atoms with Gasteiger partial charge in [-0.2, -0.15) is 9.78 Å². The van der Waals surface area contributed by atoms with Gasteiger partial charge in [0.2, 0.25) is 0 Å². The summed E-state index contributed by atoms with van der Waals surface area (Å²) in [5, 5.41) is 4.32. The Hall–Kier alpha value is -3.21. The zero-order valence-corrected chi connectivity index (χ0v) is 14.8. The Morgan fingerprint density at radius 2 is 2.04 bits per heavy atom. The van der Waals surface area contributed by atoms with Gasteiger partial charge in [-0.25, -0.2) is 4.98 Å². The third kappa shape index (κ3) is 2.81. The van der Waals surface area contributed by atoms with E-state index in [-0.39, 0.29) is 5.56 Å². The number of rotatable bonds is 3. The molecule has 0 unspecified atom stereocenters. The fourth-order valence-electron chi connectivity index (χ4n) is 3.33. The molecule has 2 aromatic heterocycles. The van der Waals surface area contributed by atoms with Crippen LogP contribution in [0.15, 0.2) is 53.6 Å². The lowest BCUT2D eigenvalue weighted by Crippen LogP contribution is -2.27. The first kappa shape index (κ1) is 16.3. The maximum atomic E-state index is 12.8. The Morgan fingerprint density at radius 3 is 2.81 bits per heavy atom. The summed E-state index contributed by atoms with van der Waals surface area (Å²) in [4.78, 5) is 17.1. The van der Waals surface area contributed by atoms with Crippen molar-refractivity contribution >= 4 is 11.6 Å². The minimum absolute atomic E-state index is 0.0983. The SMILES string of the molecule is COc1ccc(C)c(C2=Cc3cnn(-c4ccccn4)c(=O)c3CC2)c1. The van der Waals surface area contributed by atoms with Crippen molar-refractivity contribution < 1.29 is 4.74 Å². The molecule has 0 bridgehead atoms. The van der Waals surface area contributed by atoms with E-state index in [2.05, 4.69) is 35.2 Å². The van der Waals surface area contributed by atoms with Crippen LogP contribution in [-0.4, -0.2) is 21.9 Å². The van der Waals surface area contributed by atoms with Crippen LogP contribution in [0.3, 0.4) is 0 Å². The molecule has 0 fully saturated rings. The number of pyridine rings is 1. The molecule has 0 aliphatic heterocycles. The van der Waals surface area contributed by atoms with Gasteiger partial charge in [-0.15, -0.1) is 0 Å². The molecule has 2 heterocycles. The van der Waals surface area contributed by atoms with Crippen LogP contribution in [0.5, 0.6) is 5.75 Å². The van der Waals surface area contributed by atoms with E-state index in [1.165, 1.54) is 15.8 Å². The fraction of sp³-hybridized carbons (Fsp3) is 0.190. The number of nitrogens with zero attached hydrogens (tertiary/aromatic N) is 3. The van der Waals surface area contributed by atoms with Gasteiger partial charge in [-0.1, -0.05) is 12.1 Å². The van der Waals surface area contributed by atoms with E-state index in [0.29, 0.717) is 12.2 Å². The van der Waals surface area contributed by atoms with Crippen LogP contribution in [0.2, 0.25) is 0 Å². The second-order valence-corrected chi connectivity index (χ2v) is 6.33. The average molecular weight is 345 g/mol. The lowest BCUT2D eigenvalue weighted by atomic mass is 9.88. The highest BCUT2D eigenvalue weighted by atomic mass is 16.5. The Labute approximate surface area is 151 Å². The van der Waals surface area contributed by atoms with Crippen molar-refractivity contribution in [1.82, 2.24) is 14.8 Å². The van der Waals surface area contributed by atoms with Crippen molar-refractivity contribution in [2.75, 3.05) is 7.11 Å². The first-order chi connectivity index (χ1) is 12.7. The summed E-state index contributed by atoms with van der Waals surface area (Å²) in [7, 11) is 1.67. The molecule has 5 heteroatoms. The molecule has 0 amide bonds. The molecule has 0 spiro atoms. The van der Waals surface area contributed by atoms with Crippen LogP contribution in [0.1, 0.15) is 28.7 Å². The summed E-state index contributed by atoms with van der Waals surface area (Å²) >= 11 is 0. The summed E-state index contributed by atoms with van der Waals surface area (Å²) in [6, 6.07) is 11.5. The van der Waals surface area contributed by atoms with Gasteiger partial charge in [0.25, 0.3) is 5.56 Å². The van der Waals surface area contributed by atoms with Crippen molar-refractivity contribution in [2.24, 2.45) is 0 Å². The topological polar surface area (TPSA) is 57.0 Å². The number of methoxy groups -OCH3 is 1. The first-order valence-electron chi connectivity index (χ1n) is 8.55. The molecule has 26 heavy (non-hydrogen) atoms. The molecular formula is C21H19N3O2. The molecule has 0 N–H and O–H groups in total. The Balaban J connectivity index is 1.79. The summed E-state index contributed by atoms with van der Waals surface area (Å²) in [6.45, 7) is 2.09. The van der Waals surface area contributed by atoms with Crippen molar-refractivity contribution in [2.45, 2.75) is 19.8 Å². The normalized spacial score (nSPS) is 13.1. The third-order valence-corrected chi connectivity index (χ3v) is 4.74. The van der Waals surface area contributed by atoms with E-state index in [0.717, 1.165) is 28.9 Å². The Kier molecular flexibility index (Phi) is 4.13. The van der Waals surface area contributed by atoms with Gasteiger partial charge in [-0.05, 0) is 66.8 Å². The molecular weight excluding hydrogens is 326 g/mol. The first-order valence-corrected chi connectivity index (χ1v) is 8.55. The molecule has 0 saturated heterocycles. The van der Waals surface area contributed by atoms with Crippen molar-refractivity contribution in [3.63, 3.8) is 0 Å². The molecule has 0 saturated carbocycles. The molecule has 4 rings (SSSR count). The number of aryl methyl sites for hydroxylation is 1. The van der Waals surface area contributed by atoms with Gasteiger partial charge in [0.1, 0.15) is 5.75 Å². The van der Waals surface area contributed by atoms with E-state index in [9.17, 15) is 4.79 Å². The standard InChI is InChI=1S/C21H19N3O2/c1-14-6-8-17(26-2)12-19(14)15-7-9-18-16(11-15)13-23-24(21(18)25)20-5-3-4-10-22-20/h3-6,8,10-13H,7,9H2,1-2H3. The molecule has 130 valence electrons. The number of fused-ring (bicyclic) bond motifs is 1. The molecule has 1 aromatic carbocycles. The smallest absolute Gasteiger partial charge is 0.276 e. The van der Waals surface area contributed by atoms with Gasteiger partial charge < -0.3 is 4.74 Å². The average Bonchev–Trinajstić information content (AvgIpc) is 2.69. The highest BCUT2D eigenvalue weighted by Crippen LogP contribution is 2.32. The van der Waals surface area contributed by atoms with E-state index in [4.69, 9.17) is 4.74 Å². The van der Waals surface area contributed by atoms with Gasteiger partial charge in [0.05, 0.1) is 13.3 Å². The van der Waals surface area contributed by atoms with E-state index in [1.807, 2.05) is 18.2 Å². The number of allylic oxidation sites excluding steroid dienone is 1. The largest absolute Gasteiger partial charge is 0.497 e. The molecule has 1 aliphatic carbocycles. The molecule has 5 nitrogen and oxygen atoms in total. The van der Waals surface area contributed by atoms with Gasteiger partial charge >= 0.3 is 0 Å². The van der Waals surface area contributed by atoms with Crippen LogP contribution in [0.25, 0.3) is 17.5 Å². The number of hydrogen-bond acceptors (Lipinski definition) is 4. The van der Waals surface area contributed by atoms with Crippen LogP contribution in [0.4, 0.5) is 0 Å². The number of aromatic nitrogens is 3. The van der Waals surface area contributed by atoms with Crippen molar-refractivity contribution in [1.29, 1.82) is 0 Å². The summed E-state index contributed by atoms with van der Waals surface area (Å²) in [5.41, 5.74) is 5.12. The fourth-order valence-corrected chi connectivity index (χ4v) is 3.33. The van der Waals surface area contributed by atoms with Crippen LogP contribution in [0, 0.1) is 6.92 Å². The number of benzene rings is 1. The molecule has 0 atom stereocenters. The summed E-state index contributed by atoms with van der Waals surface area (Å²) in [5.74, 6) is 1.37. The van der Waals surface area contributed by atoms with Crippen molar-refractivity contribution in [3.05, 3.63) is 81.4 Å². The summed E-state index contributed by atoms with van der Waals surface area (Å²) in [6.07, 6.45) is 6.97. The van der Waals surface area contributed by atoms with Crippen LogP contribution in [-0.2, 0) is 6.42 Å². The van der Waals surface area contributed by atoms with Crippen LogP contribution < -0.4 is 10.3 Å². The lowest BCUT2D eigenvalue weighted by molar-refractivity contribution is 0.414. The minimum Gasteiger partial charge on any atom is -0.497 e.